The molecule has 0 aliphatic carbocycles. The lowest BCUT2D eigenvalue weighted by Crippen LogP contribution is -2.24. The van der Waals surface area contributed by atoms with Crippen molar-refractivity contribution < 1.29 is 14.3 Å². The average molecular weight is 390 g/mol. The van der Waals surface area contributed by atoms with Gasteiger partial charge in [0, 0.05) is 6.20 Å². The van der Waals surface area contributed by atoms with E-state index in [-0.39, 0.29) is 0 Å². The molecule has 0 spiro atoms. The molecule has 0 fully saturated rings. The van der Waals surface area contributed by atoms with Crippen LogP contribution in [0.15, 0.2) is 42.6 Å². The van der Waals surface area contributed by atoms with E-state index in [1.807, 2.05) is 39.8 Å². The Hall–Kier alpha value is -3.66. The minimum absolute atomic E-state index is 0.360. The molecule has 3 rings (SSSR count). The van der Waals surface area contributed by atoms with E-state index in [2.05, 4.69) is 16.2 Å². The van der Waals surface area contributed by atoms with Crippen molar-refractivity contribution in [3.05, 3.63) is 59.4 Å². The molecule has 3 aromatic rings. The zero-order valence-electron chi connectivity index (χ0n) is 17.1. The summed E-state index contributed by atoms with van der Waals surface area (Å²) in [6, 6.07) is 12.7. The van der Waals surface area contributed by atoms with Gasteiger partial charge >= 0.3 is 5.97 Å². The number of nitrogens with zero attached hydrogens (tertiary/aromatic N) is 4. The summed E-state index contributed by atoms with van der Waals surface area (Å²) in [6.45, 7) is 7.32. The maximum Gasteiger partial charge on any atom is 0.340 e. The van der Waals surface area contributed by atoms with Crippen molar-refractivity contribution in [3.63, 3.8) is 0 Å². The van der Waals surface area contributed by atoms with Crippen LogP contribution >= 0.6 is 0 Å². The number of ether oxygens (including phenoxy) is 2. The Morgan fingerprint density at radius 2 is 1.83 bits per heavy atom. The Labute approximate surface area is 169 Å². The number of hydrogen-bond donors (Lipinski definition) is 0. The van der Waals surface area contributed by atoms with Crippen molar-refractivity contribution in [3.8, 4) is 28.9 Å². The standard InChI is InChI=1S/C22H22N4O3/c1-14-19(16-8-6-15(12-23)7-9-16)20(28-5)26(25-14)18-11-10-17(13-24-18)21(27)29-22(2,3)4/h6-11,13H,1-5H3. The van der Waals surface area contributed by atoms with Gasteiger partial charge in [-0.05, 0) is 57.5 Å². The quantitative estimate of drug-likeness (QED) is 0.624. The van der Waals surface area contributed by atoms with Gasteiger partial charge in [0.2, 0.25) is 5.88 Å². The first-order valence-corrected chi connectivity index (χ1v) is 9.07. The van der Waals surface area contributed by atoms with E-state index in [0.717, 1.165) is 16.8 Å². The Balaban J connectivity index is 1.97. The molecule has 7 nitrogen and oxygen atoms in total. The Kier molecular flexibility index (Phi) is 5.37. The SMILES string of the molecule is COc1c(-c2ccc(C#N)cc2)c(C)nn1-c1ccc(C(=O)OC(C)(C)C)cn1. The molecule has 0 N–H and O–H groups in total. The smallest absolute Gasteiger partial charge is 0.340 e. The number of carbonyl (C=O) groups excluding carboxylic acids is 1. The molecule has 0 amide bonds. The fourth-order valence-corrected chi connectivity index (χ4v) is 2.86. The summed E-state index contributed by atoms with van der Waals surface area (Å²) < 4.78 is 12.6. The predicted molar refractivity (Wildman–Crippen MR) is 108 cm³/mol. The lowest BCUT2D eigenvalue weighted by Gasteiger charge is -2.19. The largest absolute Gasteiger partial charge is 0.480 e. The van der Waals surface area contributed by atoms with Crippen molar-refractivity contribution in [1.29, 1.82) is 5.26 Å². The van der Waals surface area contributed by atoms with Gasteiger partial charge in [0.15, 0.2) is 5.82 Å². The first-order valence-electron chi connectivity index (χ1n) is 9.07. The van der Waals surface area contributed by atoms with Gasteiger partial charge in [-0.1, -0.05) is 12.1 Å². The number of pyridine rings is 1. The van der Waals surface area contributed by atoms with Gasteiger partial charge in [-0.15, -0.1) is 0 Å². The van der Waals surface area contributed by atoms with Crippen molar-refractivity contribution in [2.45, 2.75) is 33.3 Å². The van der Waals surface area contributed by atoms with Crippen LogP contribution in [-0.2, 0) is 4.74 Å². The molecular weight excluding hydrogens is 368 g/mol. The number of aromatic nitrogens is 3. The van der Waals surface area contributed by atoms with Gasteiger partial charge in [0.1, 0.15) is 5.60 Å². The highest BCUT2D eigenvalue weighted by molar-refractivity contribution is 5.89. The van der Waals surface area contributed by atoms with Crippen LogP contribution in [0.3, 0.4) is 0 Å². The monoisotopic (exact) mass is 390 g/mol. The molecule has 0 aliphatic heterocycles. The number of aryl methyl sites for hydroxylation is 1. The van der Waals surface area contributed by atoms with Crippen molar-refractivity contribution >= 4 is 5.97 Å². The lowest BCUT2D eigenvalue weighted by atomic mass is 10.0. The molecule has 148 valence electrons. The van der Waals surface area contributed by atoms with Crippen molar-refractivity contribution in [2.24, 2.45) is 0 Å². The number of benzene rings is 1. The third-order valence-corrected chi connectivity index (χ3v) is 4.11. The number of nitriles is 1. The molecule has 0 saturated carbocycles. The second-order valence-corrected chi connectivity index (χ2v) is 7.48. The summed E-state index contributed by atoms with van der Waals surface area (Å²) in [7, 11) is 1.56. The first kappa shape index (κ1) is 20.1. The summed E-state index contributed by atoms with van der Waals surface area (Å²) >= 11 is 0. The average Bonchev–Trinajstić information content (AvgIpc) is 3.03. The normalized spacial score (nSPS) is 11.0. The van der Waals surface area contributed by atoms with Crippen LogP contribution in [0.4, 0.5) is 0 Å². The van der Waals surface area contributed by atoms with Crippen LogP contribution in [0.25, 0.3) is 16.9 Å². The van der Waals surface area contributed by atoms with Gasteiger partial charge in [-0.25, -0.2) is 9.78 Å². The molecule has 0 unspecified atom stereocenters. The highest BCUT2D eigenvalue weighted by atomic mass is 16.6. The Bertz CT molecular complexity index is 1070. The highest BCUT2D eigenvalue weighted by Crippen LogP contribution is 2.34. The van der Waals surface area contributed by atoms with Gasteiger partial charge in [-0.3, -0.25) is 0 Å². The van der Waals surface area contributed by atoms with Gasteiger partial charge in [0.25, 0.3) is 0 Å². The molecule has 2 heterocycles. The third kappa shape index (κ3) is 4.27. The van der Waals surface area contributed by atoms with Crippen LogP contribution in [0.2, 0.25) is 0 Å². The van der Waals surface area contributed by atoms with Gasteiger partial charge in [-0.2, -0.15) is 15.0 Å². The predicted octanol–water partition coefficient (Wildman–Crippen LogP) is 4.08. The van der Waals surface area contributed by atoms with Crippen LogP contribution in [0.5, 0.6) is 5.88 Å². The number of esters is 1. The van der Waals surface area contributed by atoms with Crippen LogP contribution in [0.1, 0.15) is 42.4 Å². The van der Waals surface area contributed by atoms with Crippen LogP contribution in [0, 0.1) is 18.3 Å². The number of rotatable bonds is 4. The van der Waals surface area contributed by atoms with E-state index in [9.17, 15) is 4.79 Å². The number of hydrogen-bond acceptors (Lipinski definition) is 6. The van der Waals surface area contributed by atoms with E-state index in [1.54, 1.807) is 36.1 Å². The minimum atomic E-state index is -0.575. The number of methoxy groups -OCH3 is 1. The Morgan fingerprint density at radius 1 is 1.14 bits per heavy atom. The number of carbonyl (C=O) groups is 1. The molecule has 1 aromatic carbocycles. The fourth-order valence-electron chi connectivity index (χ4n) is 2.86. The summed E-state index contributed by atoms with van der Waals surface area (Å²) in [5.41, 5.74) is 2.82. The summed E-state index contributed by atoms with van der Waals surface area (Å²) in [5, 5.41) is 13.6. The van der Waals surface area contributed by atoms with E-state index in [0.29, 0.717) is 22.8 Å². The zero-order valence-corrected chi connectivity index (χ0v) is 17.1. The zero-order chi connectivity index (χ0) is 21.2. The fraction of sp³-hybridized carbons (Fsp3) is 0.273. The summed E-state index contributed by atoms with van der Waals surface area (Å²) in [5.74, 6) is 0.598. The maximum atomic E-state index is 12.2. The van der Waals surface area contributed by atoms with Gasteiger partial charge in [0.05, 0.1) is 35.6 Å². The van der Waals surface area contributed by atoms with Crippen molar-refractivity contribution in [1.82, 2.24) is 14.8 Å². The second-order valence-electron chi connectivity index (χ2n) is 7.48. The summed E-state index contributed by atoms with van der Waals surface area (Å²) in [4.78, 5) is 16.6. The molecule has 0 atom stereocenters. The van der Waals surface area contributed by atoms with Crippen LogP contribution in [-0.4, -0.2) is 33.4 Å². The Morgan fingerprint density at radius 3 is 2.34 bits per heavy atom. The second kappa shape index (κ2) is 7.76. The first-order chi connectivity index (χ1) is 13.7. The topological polar surface area (TPSA) is 90.0 Å². The van der Waals surface area contributed by atoms with Crippen molar-refractivity contribution in [2.75, 3.05) is 7.11 Å². The van der Waals surface area contributed by atoms with E-state index in [4.69, 9.17) is 14.7 Å². The summed E-state index contributed by atoms with van der Waals surface area (Å²) in [6.07, 6.45) is 1.46. The highest BCUT2D eigenvalue weighted by Gasteiger charge is 2.21. The molecule has 7 heteroatoms. The molecule has 0 aliphatic rings. The molecular formula is C22H22N4O3. The van der Waals surface area contributed by atoms with E-state index < -0.39 is 11.6 Å². The third-order valence-electron chi connectivity index (χ3n) is 4.11. The lowest BCUT2D eigenvalue weighted by molar-refractivity contribution is 0.00691. The van der Waals surface area contributed by atoms with Gasteiger partial charge < -0.3 is 9.47 Å². The van der Waals surface area contributed by atoms with E-state index >= 15 is 0 Å². The van der Waals surface area contributed by atoms with Crippen LogP contribution < -0.4 is 4.74 Å². The maximum absolute atomic E-state index is 12.2. The molecule has 29 heavy (non-hydrogen) atoms. The molecule has 2 aromatic heterocycles. The molecule has 0 radical (unpaired) electrons. The molecule has 0 bridgehead atoms. The van der Waals surface area contributed by atoms with E-state index in [1.165, 1.54) is 6.20 Å². The molecule has 0 saturated heterocycles. The minimum Gasteiger partial charge on any atom is -0.480 e.